The summed E-state index contributed by atoms with van der Waals surface area (Å²) in [5.74, 6) is -0.0843. The Hall–Kier alpha value is -0.710. The molecule has 0 bridgehead atoms. The maximum atomic E-state index is 14.2. The molecule has 3 N–H and O–H groups in total. The van der Waals surface area contributed by atoms with Gasteiger partial charge in [0.2, 0.25) is 0 Å². The number of allylic oxidation sites excluding steroid dienone is 1. The molecule has 0 amide bonds. The van der Waals surface area contributed by atoms with Crippen LogP contribution in [0.25, 0.3) is 0 Å². The highest BCUT2D eigenvalue weighted by molar-refractivity contribution is 5.30. The number of alkyl halides is 1. The molecule has 4 unspecified atom stereocenters. The van der Waals surface area contributed by atoms with Crippen LogP contribution in [-0.4, -0.2) is 39.3 Å². The van der Waals surface area contributed by atoms with Crippen LogP contribution in [0.3, 0.4) is 0 Å². The highest BCUT2D eigenvalue weighted by Crippen LogP contribution is 2.65. The van der Waals surface area contributed by atoms with Crippen molar-refractivity contribution < 1.29 is 19.7 Å². The molecule has 23 heavy (non-hydrogen) atoms. The average Bonchev–Trinajstić information content (AvgIpc) is 2.73. The summed E-state index contributed by atoms with van der Waals surface area (Å²) in [4.78, 5) is 0. The summed E-state index contributed by atoms with van der Waals surface area (Å²) in [6.45, 7) is 4.04. The zero-order chi connectivity index (χ0) is 16.6. The molecule has 0 aromatic carbocycles. The predicted molar refractivity (Wildman–Crippen MR) is 85.3 cm³/mol. The van der Waals surface area contributed by atoms with Gasteiger partial charge in [0.05, 0.1) is 17.8 Å². The van der Waals surface area contributed by atoms with E-state index >= 15 is 0 Å². The van der Waals surface area contributed by atoms with Crippen molar-refractivity contribution in [1.82, 2.24) is 0 Å². The Morgan fingerprint density at radius 1 is 1.04 bits per heavy atom. The van der Waals surface area contributed by atoms with Crippen LogP contribution >= 0.6 is 0 Å². The number of aliphatic hydroxyl groups excluding tert-OH is 2. The molecular formula is C19H27FO3. The van der Waals surface area contributed by atoms with E-state index in [-0.39, 0.29) is 17.8 Å². The normalized spacial score (nSPS) is 61.0. The topological polar surface area (TPSA) is 60.7 Å². The molecule has 0 aliphatic heterocycles. The van der Waals surface area contributed by atoms with Gasteiger partial charge in [0.15, 0.2) is 0 Å². The molecule has 4 heteroatoms. The zero-order valence-corrected chi connectivity index (χ0v) is 13.8. The van der Waals surface area contributed by atoms with E-state index in [1.807, 2.05) is 19.1 Å². The Morgan fingerprint density at radius 2 is 1.78 bits per heavy atom. The minimum atomic E-state index is -1.20. The van der Waals surface area contributed by atoms with Crippen molar-refractivity contribution in [1.29, 1.82) is 0 Å². The van der Waals surface area contributed by atoms with E-state index in [4.69, 9.17) is 0 Å². The van der Waals surface area contributed by atoms with E-state index in [0.717, 1.165) is 0 Å². The first-order valence-corrected chi connectivity index (χ1v) is 8.83. The second-order valence-corrected chi connectivity index (χ2v) is 8.70. The number of fused-ring (bicyclic) bond motifs is 5. The molecular weight excluding hydrogens is 295 g/mol. The molecule has 0 aromatic rings. The standard InChI is InChI=1S/C19H27FO3/c1-17-7-8-19(23)13(14(17)10-15(20)16(17)22)4-3-11-9-12(21)5-6-18(11,19)2/h3-6,11-16,21-23H,7-10H2,1-2H3/t11?,12?,13-,14-,15?,16?,17-,18-,19-/m0/s1. The van der Waals surface area contributed by atoms with Gasteiger partial charge in [-0.05, 0) is 37.5 Å². The lowest BCUT2D eigenvalue weighted by atomic mass is 9.46. The third kappa shape index (κ3) is 1.80. The number of hydrogen-bond donors (Lipinski definition) is 3. The monoisotopic (exact) mass is 322 g/mol. The van der Waals surface area contributed by atoms with Crippen LogP contribution in [0.1, 0.15) is 39.5 Å². The first kappa shape index (κ1) is 15.8. The van der Waals surface area contributed by atoms with E-state index in [2.05, 4.69) is 13.0 Å². The lowest BCUT2D eigenvalue weighted by molar-refractivity contribution is -0.182. The number of halogens is 1. The summed E-state index contributed by atoms with van der Waals surface area (Å²) in [7, 11) is 0. The van der Waals surface area contributed by atoms with Crippen LogP contribution in [0.2, 0.25) is 0 Å². The summed E-state index contributed by atoms with van der Waals surface area (Å²) < 4.78 is 14.2. The smallest absolute Gasteiger partial charge is 0.127 e. The molecule has 4 rings (SSSR count). The average molecular weight is 322 g/mol. The fourth-order valence-electron chi connectivity index (χ4n) is 6.06. The highest BCUT2D eigenvalue weighted by atomic mass is 19.1. The largest absolute Gasteiger partial charge is 0.390 e. The van der Waals surface area contributed by atoms with Crippen molar-refractivity contribution in [3.8, 4) is 0 Å². The van der Waals surface area contributed by atoms with E-state index in [0.29, 0.717) is 25.7 Å². The molecule has 0 heterocycles. The minimum Gasteiger partial charge on any atom is -0.390 e. The fraction of sp³-hybridized carbons (Fsp3) is 0.789. The van der Waals surface area contributed by atoms with E-state index in [1.165, 1.54) is 0 Å². The Kier molecular flexibility index (Phi) is 3.21. The second kappa shape index (κ2) is 4.68. The zero-order valence-electron chi connectivity index (χ0n) is 13.8. The van der Waals surface area contributed by atoms with Gasteiger partial charge in [-0.25, -0.2) is 4.39 Å². The van der Waals surface area contributed by atoms with Crippen LogP contribution in [-0.2, 0) is 0 Å². The molecule has 0 radical (unpaired) electrons. The SMILES string of the molecule is C[C@]12C=CC(O)CC1C=C[C@H]1[C@@H]3CC(F)C(O)[C@@]3(C)CC[C@]12O. The van der Waals surface area contributed by atoms with Gasteiger partial charge in [0.25, 0.3) is 0 Å². The van der Waals surface area contributed by atoms with Crippen molar-refractivity contribution in [2.24, 2.45) is 28.6 Å². The molecule has 0 saturated heterocycles. The molecule has 4 aliphatic carbocycles. The van der Waals surface area contributed by atoms with Gasteiger partial charge in [0.1, 0.15) is 6.17 Å². The first-order chi connectivity index (χ1) is 10.7. The van der Waals surface area contributed by atoms with Crippen molar-refractivity contribution in [2.45, 2.75) is 63.5 Å². The van der Waals surface area contributed by atoms with Gasteiger partial charge in [-0.2, -0.15) is 0 Å². The fourth-order valence-corrected chi connectivity index (χ4v) is 6.06. The Bertz CT molecular complexity index is 575. The van der Waals surface area contributed by atoms with Gasteiger partial charge in [-0.1, -0.05) is 38.2 Å². The maximum absolute atomic E-state index is 14.2. The second-order valence-electron chi connectivity index (χ2n) is 8.70. The number of rotatable bonds is 0. The predicted octanol–water partition coefficient (Wildman–Crippen LogP) is 2.37. The van der Waals surface area contributed by atoms with Crippen molar-refractivity contribution >= 4 is 0 Å². The Balaban J connectivity index is 1.78. The first-order valence-electron chi connectivity index (χ1n) is 8.83. The summed E-state index contributed by atoms with van der Waals surface area (Å²) >= 11 is 0. The highest BCUT2D eigenvalue weighted by Gasteiger charge is 2.66. The summed E-state index contributed by atoms with van der Waals surface area (Å²) in [5.41, 5.74) is -1.83. The molecule has 0 aromatic heterocycles. The Morgan fingerprint density at radius 3 is 2.52 bits per heavy atom. The van der Waals surface area contributed by atoms with Crippen molar-refractivity contribution in [3.63, 3.8) is 0 Å². The van der Waals surface area contributed by atoms with Gasteiger partial charge in [-0.3, -0.25) is 0 Å². The lowest BCUT2D eigenvalue weighted by Gasteiger charge is -2.61. The minimum absolute atomic E-state index is 0.0412. The summed E-state index contributed by atoms with van der Waals surface area (Å²) in [6.07, 6.45) is 7.47. The molecule has 9 atom stereocenters. The van der Waals surface area contributed by atoms with E-state index < -0.39 is 34.8 Å². The van der Waals surface area contributed by atoms with Crippen molar-refractivity contribution in [2.75, 3.05) is 0 Å². The quantitative estimate of drug-likeness (QED) is 0.600. The number of hydrogen-bond acceptors (Lipinski definition) is 3. The summed E-state index contributed by atoms with van der Waals surface area (Å²) in [6, 6.07) is 0. The van der Waals surface area contributed by atoms with Crippen LogP contribution < -0.4 is 0 Å². The molecule has 4 aliphatic rings. The molecule has 2 fully saturated rings. The van der Waals surface area contributed by atoms with Gasteiger partial charge in [0, 0.05) is 16.7 Å². The summed E-state index contributed by atoms with van der Waals surface area (Å²) in [5, 5.41) is 31.9. The van der Waals surface area contributed by atoms with E-state index in [1.54, 1.807) is 6.08 Å². The maximum Gasteiger partial charge on any atom is 0.127 e. The third-order valence-corrected chi connectivity index (χ3v) is 7.79. The van der Waals surface area contributed by atoms with Crippen LogP contribution in [0.5, 0.6) is 0 Å². The van der Waals surface area contributed by atoms with Crippen LogP contribution in [0.4, 0.5) is 4.39 Å². The molecule has 2 saturated carbocycles. The lowest BCUT2D eigenvalue weighted by Crippen LogP contribution is -2.63. The molecule has 128 valence electrons. The molecule has 0 spiro atoms. The number of aliphatic hydroxyl groups is 3. The van der Waals surface area contributed by atoms with Gasteiger partial charge < -0.3 is 15.3 Å². The van der Waals surface area contributed by atoms with Crippen LogP contribution in [0, 0.1) is 28.6 Å². The van der Waals surface area contributed by atoms with E-state index in [9.17, 15) is 19.7 Å². The Labute approximate surface area is 136 Å². The molecule has 3 nitrogen and oxygen atoms in total. The van der Waals surface area contributed by atoms with Crippen LogP contribution in [0.15, 0.2) is 24.3 Å². The van der Waals surface area contributed by atoms with Gasteiger partial charge >= 0.3 is 0 Å². The van der Waals surface area contributed by atoms with Gasteiger partial charge in [-0.15, -0.1) is 0 Å². The third-order valence-electron chi connectivity index (χ3n) is 7.79. The van der Waals surface area contributed by atoms with Crippen molar-refractivity contribution in [3.05, 3.63) is 24.3 Å².